The van der Waals surface area contributed by atoms with E-state index in [0.717, 1.165) is 11.0 Å². The second-order valence-electron chi connectivity index (χ2n) is 4.95. The van der Waals surface area contributed by atoms with E-state index in [1.54, 1.807) is 0 Å². The van der Waals surface area contributed by atoms with Crippen LogP contribution in [0.4, 0.5) is 8.78 Å². The topological polar surface area (TPSA) is 80.0 Å². The smallest absolute Gasteiger partial charge is 0.267 e. The molecule has 1 aromatic rings. The van der Waals surface area contributed by atoms with Gasteiger partial charge in [-0.1, -0.05) is 0 Å². The fourth-order valence-corrected chi connectivity index (χ4v) is 2.16. The van der Waals surface area contributed by atoms with E-state index in [-0.39, 0.29) is 18.1 Å². The van der Waals surface area contributed by atoms with E-state index in [1.807, 2.05) is 0 Å². The number of ether oxygens (including phenoxy) is 1. The lowest BCUT2D eigenvalue weighted by atomic mass is 10.0. The van der Waals surface area contributed by atoms with Crippen molar-refractivity contribution >= 4 is 5.91 Å². The summed E-state index contributed by atoms with van der Waals surface area (Å²) in [4.78, 5) is 24.2. The van der Waals surface area contributed by atoms with E-state index in [2.05, 4.69) is 0 Å². The number of hydrogen-bond donors (Lipinski definition) is 1. The Morgan fingerprint density at radius 1 is 1.62 bits per heavy atom. The fraction of sp³-hybridized carbons (Fsp3) is 0.538. The Kier molecular flexibility index (Phi) is 4.26. The first-order valence-corrected chi connectivity index (χ1v) is 6.33. The molecule has 1 saturated heterocycles. The molecule has 1 amide bonds. The van der Waals surface area contributed by atoms with Gasteiger partial charge in [-0.2, -0.15) is 0 Å². The van der Waals surface area contributed by atoms with Gasteiger partial charge in [-0.05, 0) is 6.92 Å². The van der Waals surface area contributed by atoms with Gasteiger partial charge in [0.05, 0.1) is 18.9 Å². The van der Waals surface area contributed by atoms with Gasteiger partial charge in [-0.25, -0.2) is 8.78 Å². The highest BCUT2D eigenvalue weighted by molar-refractivity contribution is 5.78. The molecular weight excluding hydrogens is 288 g/mol. The van der Waals surface area contributed by atoms with Crippen molar-refractivity contribution in [1.82, 2.24) is 4.90 Å². The Balaban J connectivity index is 2.00. The highest BCUT2D eigenvalue weighted by Crippen LogP contribution is 2.26. The molecule has 0 bridgehead atoms. The predicted molar refractivity (Wildman–Crippen MR) is 67.4 cm³/mol. The molecule has 1 unspecified atom stereocenters. The van der Waals surface area contributed by atoms with Crippen molar-refractivity contribution in [3.05, 3.63) is 28.3 Å². The van der Waals surface area contributed by atoms with Gasteiger partial charge in [0.25, 0.3) is 11.8 Å². The van der Waals surface area contributed by atoms with Crippen molar-refractivity contribution in [1.29, 1.82) is 0 Å². The van der Waals surface area contributed by atoms with Crippen LogP contribution >= 0.6 is 0 Å². The lowest BCUT2D eigenvalue weighted by Crippen LogP contribution is -2.52. The van der Waals surface area contributed by atoms with E-state index >= 15 is 0 Å². The molecule has 1 N–H and O–H groups in total. The number of aliphatic hydroxyl groups excluding tert-OH is 1. The van der Waals surface area contributed by atoms with Crippen LogP contribution in [0.1, 0.15) is 12.2 Å². The second-order valence-corrected chi connectivity index (χ2v) is 4.95. The van der Waals surface area contributed by atoms with Crippen LogP contribution in [0.5, 0.6) is 5.75 Å². The summed E-state index contributed by atoms with van der Waals surface area (Å²) >= 11 is 0. The molecule has 0 aromatic carbocycles. The van der Waals surface area contributed by atoms with Crippen molar-refractivity contribution in [3.8, 4) is 5.75 Å². The summed E-state index contributed by atoms with van der Waals surface area (Å²) in [7, 11) is 0. The molecule has 1 fully saturated rings. The highest BCUT2D eigenvalue weighted by Gasteiger charge is 2.41. The van der Waals surface area contributed by atoms with Gasteiger partial charge in [0.15, 0.2) is 6.61 Å². The van der Waals surface area contributed by atoms with Crippen LogP contribution in [0, 0.1) is 6.92 Å². The zero-order chi connectivity index (χ0) is 15.6. The standard InChI is InChI=1S/C13H15F2NO5/c1-8-12(10(18)2-3-20-8)21-6-11(19)16-5-9(17)4-13(14,15)7-16/h2-3,9,17H,4-7H2,1H3. The average molecular weight is 303 g/mol. The van der Waals surface area contributed by atoms with Crippen LogP contribution in [0.25, 0.3) is 0 Å². The van der Waals surface area contributed by atoms with Crippen molar-refractivity contribution in [2.45, 2.75) is 25.4 Å². The lowest BCUT2D eigenvalue weighted by molar-refractivity contribution is -0.152. The molecule has 1 aromatic heterocycles. The quantitative estimate of drug-likeness (QED) is 0.882. The average Bonchev–Trinajstić information content (AvgIpc) is 2.35. The van der Waals surface area contributed by atoms with Gasteiger partial charge in [0, 0.05) is 19.0 Å². The molecule has 0 radical (unpaired) electrons. The number of rotatable bonds is 3. The minimum absolute atomic E-state index is 0.129. The van der Waals surface area contributed by atoms with Crippen molar-refractivity contribution in [2.75, 3.05) is 19.7 Å². The van der Waals surface area contributed by atoms with E-state index in [9.17, 15) is 23.5 Å². The molecule has 116 valence electrons. The maximum atomic E-state index is 13.3. The number of carbonyl (C=O) groups excluding carboxylic acids is 1. The number of amides is 1. The Labute approximate surface area is 118 Å². The van der Waals surface area contributed by atoms with Crippen LogP contribution in [-0.4, -0.2) is 47.6 Å². The number of aliphatic hydroxyl groups is 1. The summed E-state index contributed by atoms with van der Waals surface area (Å²) in [5, 5.41) is 9.36. The number of β-amino-alcohol motifs (C(OH)–C–C–N with tert-alkyl or cyclic N) is 1. The first kappa shape index (κ1) is 15.4. The number of likely N-dealkylation sites (tertiary alicyclic amines) is 1. The van der Waals surface area contributed by atoms with Crippen molar-refractivity contribution in [2.24, 2.45) is 0 Å². The molecule has 0 saturated carbocycles. The lowest BCUT2D eigenvalue weighted by Gasteiger charge is -2.35. The largest absolute Gasteiger partial charge is 0.476 e. The molecule has 6 nitrogen and oxygen atoms in total. The summed E-state index contributed by atoms with van der Waals surface area (Å²) < 4.78 is 36.6. The summed E-state index contributed by atoms with van der Waals surface area (Å²) in [5.74, 6) is -3.79. The number of halogens is 2. The van der Waals surface area contributed by atoms with E-state index in [0.29, 0.717) is 0 Å². The third-order valence-electron chi connectivity index (χ3n) is 3.09. The maximum absolute atomic E-state index is 13.3. The third kappa shape index (κ3) is 3.78. The molecule has 1 aliphatic rings. The minimum Gasteiger partial charge on any atom is -0.476 e. The van der Waals surface area contributed by atoms with Crippen LogP contribution in [0.15, 0.2) is 21.5 Å². The third-order valence-corrected chi connectivity index (χ3v) is 3.09. The molecule has 21 heavy (non-hydrogen) atoms. The van der Waals surface area contributed by atoms with Crippen molar-refractivity contribution in [3.63, 3.8) is 0 Å². The summed E-state index contributed by atoms with van der Waals surface area (Å²) in [6.45, 7) is -0.0345. The van der Waals surface area contributed by atoms with E-state index < -0.39 is 42.9 Å². The minimum atomic E-state index is -3.13. The van der Waals surface area contributed by atoms with Crippen LogP contribution < -0.4 is 10.2 Å². The second kappa shape index (κ2) is 5.80. The number of aryl methyl sites for hydroxylation is 1. The highest BCUT2D eigenvalue weighted by atomic mass is 19.3. The van der Waals surface area contributed by atoms with Gasteiger partial charge in [-0.15, -0.1) is 0 Å². The molecule has 1 atom stereocenters. The summed E-state index contributed by atoms with van der Waals surface area (Å²) in [6.07, 6.45) is -0.756. The zero-order valence-electron chi connectivity index (χ0n) is 11.3. The SMILES string of the molecule is Cc1occc(=O)c1OCC(=O)N1CC(O)CC(F)(F)C1. The van der Waals surface area contributed by atoms with E-state index in [1.165, 1.54) is 13.2 Å². The number of piperidine rings is 1. The Morgan fingerprint density at radius 2 is 2.33 bits per heavy atom. The van der Waals surface area contributed by atoms with Crippen molar-refractivity contribution < 1.29 is 27.8 Å². The number of hydrogen-bond acceptors (Lipinski definition) is 5. The zero-order valence-corrected chi connectivity index (χ0v) is 11.3. The summed E-state index contributed by atoms with van der Waals surface area (Å²) in [6, 6.07) is 1.13. The molecule has 8 heteroatoms. The van der Waals surface area contributed by atoms with Gasteiger partial charge >= 0.3 is 0 Å². The molecule has 0 aliphatic carbocycles. The van der Waals surface area contributed by atoms with Crippen LogP contribution in [-0.2, 0) is 4.79 Å². The maximum Gasteiger partial charge on any atom is 0.267 e. The first-order valence-electron chi connectivity index (χ1n) is 6.33. The number of nitrogens with zero attached hydrogens (tertiary/aromatic N) is 1. The Hall–Kier alpha value is -1.96. The normalized spacial score (nSPS) is 21.1. The van der Waals surface area contributed by atoms with Gasteiger partial charge in [0.1, 0.15) is 5.76 Å². The molecule has 1 aliphatic heterocycles. The monoisotopic (exact) mass is 303 g/mol. The van der Waals surface area contributed by atoms with Gasteiger partial charge < -0.3 is 19.2 Å². The first-order chi connectivity index (χ1) is 9.78. The van der Waals surface area contributed by atoms with Gasteiger partial charge in [-0.3, -0.25) is 9.59 Å². The van der Waals surface area contributed by atoms with E-state index in [4.69, 9.17) is 9.15 Å². The number of alkyl halides is 2. The molecular formula is C13H15F2NO5. The fourth-order valence-electron chi connectivity index (χ4n) is 2.16. The molecule has 2 rings (SSSR count). The Morgan fingerprint density at radius 3 is 2.95 bits per heavy atom. The van der Waals surface area contributed by atoms with Crippen LogP contribution in [0.2, 0.25) is 0 Å². The predicted octanol–water partition coefficient (Wildman–Crippen LogP) is 0.556. The molecule has 2 heterocycles. The molecule has 0 spiro atoms. The number of carbonyl (C=O) groups is 1. The van der Waals surface area contributed by atoms with Crippen LogP contribution in [0.3, 0.4) is 0 Å². The summed E-state index contributed by atoms with van der Waals surface area (Å²) in [5.41, 5.74) is -0.462. The Bertz CT molecular complexity index is 586. The van der Waals surface area contributed by atoms with Gasteiger partial charge in [0.2, 0.25) is 11.2 Å².